The maximum absolute atomic E-state index is 15.1. The van der Waals surface area contributed by atoms with Crippen LogP contribution >= 0.6 is 0 Å². The quantitative estimate of drug-likeness (QED) is 0.796. The Morgan fingerprint density at radius 1 is 1.19 bits per heavy atom. The van der Waals surface area contributed by atoms with Crippen molar-refractivity contribution in [1.29, 1.82) is 5.26 Å². The van der Waals surface area contributed by atoms with Crippen LogP contribution in [0.1, 0.15) is 15.9 Å². The second-order valence-corrected chi connectivity index (χ2v) is 4.62. The maximum atomic E-state index is 15.1. The monoisotopic (exact) mass is 282 g/mol. The van der Waals surface area contributed by atoms with Crippen LogP contribution in [0.15, 0.2) is 48.5 Å². The molecule has 0 unspecified atom stereocenters. The molecule has 0 saturated carbocycles. The smallest absolute Gasteiger partial charge is 0.302 e. The summed E-state index contributed by atoms with van der Waals surface area (Å²) in [6.07, 6.45) is 0. The molecule has 1 aliphatic heterocycles. The van der Waals surface area contributed by atoms with E-state index < -0.39 is 11.7 Å². The molecule has 0 aliphatic carbocycles. The van der Waals surface area contributed by atoms with Crippen molar-refractivity contribution in [3.63, 3.8) is 0 Å². The molecule has 3 rings (SSSR count). The molecule has 1 atom stereocenters. The van der Waals surface area contributed by atoms with Gasteiger partial charge in [-0.15, -0.1) is 0 Å². The largest absolute Gasteiger partial charge is 0.497 e. The Morgan fingerprint density at radius 2 is 1.86 bits per heavy atom. The van der Waals surface area contributed by atoms with Gasteiger partial charge in [0.25, 0.3) is 5.91 Å². The highest BCUT2D eigenvalue weighted by molar-refractivity contribution is 6.12. The summed E-state index contributed by atoms with van der Waals surface area (Å²) in [6, 6.07) is 14.2. The van der Waals surface area contributed by atoms with Gasteiger partial charge >= 0.3 is 5.79 Å². The number of hydrogen-bond donors (Lipinski definition) is 0. The van der Waals surface area contributed by atoms with Crippen molar-refractivity contribution >= 4 is 11.6 Å². The van der Waals surface area contributed by atoms with E-state index in [1.807, 2.05) is 0 Å². The van der Waals surface area contributed by atoms with Crippen molar-refractivity contribution in [3.8, 4) is 11.8 Å². The summed E-state index contributed by atoms with van der Waals surface area (Å²) >= 11 is 0. The van der Waals surface area contributed by atoms with Gasteiger partial charge in [-0.25, -0.2) is 0 Å². The Bertz CT molecular complexity index is 752. The molecule has 104 valence electrons. The zero-order valence-electron chi connectivity index (χ0n) is 11.2. The molecule has 0 bridgehead atoms. The molecule has 0 fully saturated rings. The standard InChI is InChI=1S/C16H11FN2O2/c1-21-12-8-6-11(7-9-12)19-15(20)13-4-2-3-5-14(13)16(19,17)10-18/h2-9H,1H3/t16-/m0/s1. The summed E-state index contributed by atoms with van der Waals surface area (Å²) in [5.74, 6) is -2.44. The number of fused-ring (bicyclic) bond motifs is 1. The van der Waals surface area contributed by atoms with Crippen molar-refractivity contribution in [2.24, 2.45) is 0 Å². The number of amides is 1. The molecular formula is C16H11FN2O2. The fourth-order valence-electron chi connectivity index (χ4n) is 2.48. The highest BCUT2D eigenvalue weighted by Gasteiger charge is 2.51. The SMILES string of the molecule is COc1ccc(N2C(=O)c3ccccc3[C@]2(F)C#N)cc1. The molecule has 0 saturated heterocycles. The highest BCUT2D eigenvalue weighted by Crippen LogP contribution is 2.43. The second-order valence-electron chi connectivity index (χ2n) is 4.62. The van der Waals surface area contributed by atoms with Crippen LogP contribution in [0.4, 0.5) is 10.1 Å². The first-order chi connectivity index (χ1) is 10.1. The molecule has 4 nitrogen and oxygen atoms in total. The Morgan fingerprint density at radius 3 is 2.48 bits per heavy atom. The lowest BCUT2D eigenvalue weighted by Crippen LogP contribution is -2.39. The third-order valence-corrected chi connectivity index (χ3v) is 3.50. The molecule has 5 heteroatoms. The Labute approximate surface area is 121 Å². The summed E-state index contributed by atoms with van der Waals surface area (Å²) in [5.41, 5.74) is 0.590. The molecule has 0 radical (unpaired) electrons. The zero-order valence-corrected chi connectivity index (χ0v) is 11.2. The van der Waals surface area contributed by atoms with Crippen LogP contribution in [0, 0.1) is 11.3 Å². The lowest BCUT2D eigenvalue weighted by atomic mass is 10.0. The number of alkyl halides is 1. The lowest BCUT2D eigenvalue weighted by molar-refractivity contribution is 0.0951. The van der Waals surface area contributed by atoms with E-state index in [9.17, 15) is 10.1 Å². The highest BCUT2D eigenvalue weighted by atomic mass is 19.1. The number of rotatable bonds is 2. The number of methoxy groups -OCH3 is 1. The van der Waals surface area contributed by atoms with Gasteiger partial charge in [-0.05, 0) is 30.3 Å². The fourth-order valence-corrected chi connectivity index (χ4v) is 2.48. The Kier molecular flexibility index (Phi) is 2.88. The molecule has 1 amide bonds. The van der Waals surface area contributed by atoms with Gasteiger partial charge in [0.05, 0.1) is 7.11 Å². The van der Waals surface area contributed by atoms with E-state index in [4.69, 9.17) is 4.74 Å². The zero-order chi connectivity index (χ0) is 15.0. The first-order valence-corrected chi connectivity index (χ1v) is 6.30. The molecule has 0 spiro atoms. The van der Waals surface area contributed by atoms with Gasteiger partial charge in [-0.1, -0.05) is 18.2 Å². The maximum Gasteiger partial charge on any atom is 0.302 e. The van der Waals surface area contributed by atoms with Gasteiger partial charge in [0.2, 0.25) is 0 Å². The van der Waals surface area contributed by atoms with Crippen molar-refractivity contribution < 1.29 is 13.9 Å². The minimum Gasteiger partial charge on any atom is -0.497 e. The predicted molar refractivity (Wildman–Crippen MR) is 74.6 cm³/mol. The van der Waals surface area contributed by atoms with Crippen LogP contribution in [0.25, 0.3) is 0 Å². The molecule has 2 aromatic rings. The number of hydrogen-bond acceptors (Lipinski definition) is 3. The fraction of sp³-hybridized carbons (Fsp3) is 0.125. The van der Waals surface area contributed by atoms with Crippen LogP contribution in [0.2, 0.25) is 0 Å². The van der Waals surface area contributed by atoms with Crippen molar-refractivity contribution in [1.82, 2.24) is 0 Å². The average Bonchev–Trinajstić information content (AvgIpc) is 2.77. The minimum atomic E-state index is -2.50. The van der Waals surface area contributed by atoms with E-state index in [-0.39, 0.29) is 11.1 Å². The van der Waals surface area contributed by atoms with Crippen LogP contribution in [-0.4, -0.2) is 13.0 Å². The molecule has 0 aromatic heterocycles. The molecular weight excluding hydrogens is 271 g/mol. The van der Waals surface area contributed by atoms with Crippen LogP contribution < -0.4 is 9.64 Å². The molecule has 1 heterocycles. The number of anilines is 1. The van der Waals surface area contributed by atoms with Gasteiger partial charge < -0.3 is 4.74 Å². The third-order valence-electron chi connectivity index (χ3n) is 3.50. The normalized spacial score (nSPS) is 20.0. The number of carbonyl (C=O) groups excluding carboxylic acids is 1. The van der Waals surface area contributed by atoms with E-state index >= 15 is 4.39 Å². The van der Waals surface area contributed by atoms with Gasteiger partial charge in [0, 0.05) is 16.8 Å². The number of carbonyl (C=O) groups is 1. The number of benzene rings is 2. The van der Waals surface area contributed by atoms with Crippen molar-refractivity contribution in [3.05, 3.63) is 59.7 Å². The predicted octanol–water partition coefficient (Wildman–Crippen LogP) is 3.00. The van der Waals surface area contributed by atoms with Gasteiger partial charge in [0.15, 0.2) is 0 Å². The van der Waals surface area contributed by atoms with Crippen molar-refractivity contribution in [2.45, 2.75) is 5.79 Å². The van der Waals surface area contributed by atoms with Gasteiger partial charge in [-0.2, -0.15) is 9.65 Å². The third kappa shape index (κ3) is 1.77. The minimum absolute atomic E-state index is 0.0771. The van der Waals surface area contributed by atoms with E-state index in [2.05, 4.69) is 0 Å². The Balaban J connectivity index is 2.15. The van der Waals surface area contributed by atoms with Gasteiger partial charge in [0.1, 0.15) is 11.8 Å². The first kappa shape index (κ1) is 13.1. The molecule has 0 N–H and O–H groups in total. The van der Waals surface area contributed by atoms with E-state index in [1.165, 1.54) is 19.2 Å². The van der Waals surface area contributed by atoms with Gasteiger partial charge in [-0.3, -0.25) is 9.69 Å². The molecule has 2 aromatic carbocycles. The Hall–Kier alpha value is -2.87. The average molecular weight is 282 g/mol. The lowest BCUT2D eigenvalue weighted by Gasteiger charge is -2.25. The summed E-state index contributed by atoms with van der Waals surface area (Å²) in [5, 5.41) is 9.28. The molecule has 21 heavy (non-hydrogen) atoms. The summed E-state index contributed by atoms with van der Waals surface area (Å²) < 4.78 is 20.2. The molecule has 1 aliphatic rings. The second kappa shape index (κ2) is 4.60. The number of halogens is 1. The van der Waals surface area contributed by atoms with Crippen LogP contribution in [0.3, 0.4) is 0 Å². The summed E-state index contributed by atoms with van der Waals surface area (Å²) in [7, 11) is 1.51. The number of nitriles is 1. The number of ether oxygens (including phenoxy) is 1. The van der Waals surface area contributed by atoms with Crippen LogP contribution in [0.5, 0.6) is 5.75 Å². The van der Waals surface area contributed by atoms with Crippen LogP contribution in [-0.2, 0) is 5.79 Å². The first-order valence-electron chi connectivity index (χ1n) is 6.30. The number of nitrogens with zero attached hydrogens (tertiary/aromatic N) is 2. The summed E-state index contributed by atoms with van der Waals surface area (Å²) in [6.45, 7) is 0. The summed E-state index contributed by atoms with van der Waals surface area (Å²) in [4.78, 5) is 13.3. The topological polar surface area (TPSA) is 53.3 Å². The van der Waals surface area contributed by atoms with E-state index in [0.29, 0.717) is 11.4 Å². The van der Waals surface area contributed by atoms with E-state index in [0.717, 1.165) is 4.90 Å². The van der Waals surface area contributed by atoms with Crippen molar-refractivity contribution in [2.75, 3.05) is 12.0 Å². The van der Waals surface area contributed by atoms with E-state index in [1.54, 1.807) is 42.5 Å².